The molecule has 0 aromatic carbocycles. The Kier molecular flexibility index (Phi) is 2.22. The summed E-state index contributed by atoms with van der Waals surface area (Å²) in [6, 6.07) is 0. The molecule has 1 heterocycles. The predicted octanol–water partition coefficient (Wildman–Crippen LogP) is 2.22. The first-order chi connectivity index (χ1) is 5.11. The zero-order valence-electron chi connectivity index (χ0n) is 7.55. The molecule has 0 aliphatic heterocycles. The number of hydrogen-bond acceptors (Lipinski definition) is 2. The maximum absolute atomic E-state index is 4.33. The van der Waals surface area contributed by atoms with Gasteiger partial charge in [0.05, 0.1) is 17.1 Å². The van der Waals surface area contributed by atoms with Gasteiger partial charge in [0.1, 0.15) is 0 Å². The highest BCUT2D eigenvalue weighted by Crippen LogP contribution is 2.13. The monoisotopic (exact) mass is 150 g/mol. The first-order valence-corrected chi connectivity index (χ1v) is 3.91. The number of rotatable bonds is 1. The summed E-state index contributed by atoms with van der Waals surface area (Å²) in [6.07, 6.45) is 1.82. The van der Waals surface area contributed by atoms with E-state index in [4.69, 9.17) is 0 Å². The van der Waals surface area contributed by atoms with Gasteiger partial charge in [-0.2, -0.15) is 0 Å². The van der Waals surface area contributed by atoms with Crippen molar-refractivity contribution in [2.24, 2.45) is 0 Å². The second-order valence-corrected chi connectivity index (χ2v) is 3.14. The number of aryl methyl sites for hydroxylation is 2. The summed E-state index contributed by atoms with van der Waals surface area (Å²) in [5.74, 6) is 0.475. The van der Waals surface area contributed by atoms with Gasteiger partial charge in [0.2, 0.25) is 0 Å². The van der Waals surface area contributed by atoms with E-state index in [0.29, 0.717) is 5.92 Å². The van der Waals surface area contributed by atoms with E-state index < -0.39 is 0 Å². The van der Waals surface area contributed by atoms with E-state index in [1.165, 1.54) is 0 Å². The van der Waals surface area contributed by atoms with Crippen molar-refractivity contribution < 1.29 is 0 Å². The predicted molar refractivity (Wildman–Crippen MR) is 45.6 cm³/mol. The molecule has 1 aromatic rings. The minimum atomic E-state index is 0.475. The molecule has 0 N–H and O–H groups in total. The van der Waals surface area contributed by atoms with E-state index in [-0.39, 0.29) is 0 Å². The lowest BCUT2D eigenvalue weighted by molar-refractivity contribution is 0.789. The van der Waals surface area contributed by atoms with Crippen LogP contribution in [0, 0.1) is 13.8 Å². The first-order valence-electron chi connectivity index (χ1n) is 3.91. The Morgan fingerprint density at radius 3 is 2.36 bits per heavy atom. The number of aromatic nitrogens is 2. The van der Waals surface area contributed by atoms with Crippen molar-refractivity contribution in [2.75, 3.05) is 0 Å². The number of nitrogens with zero attached hydrogens (tertiary/aromatic N) is 2. The topological polar surface area (TPSA) is 25.8 Å². The van der Waals surface area contributed by atoms with Gasteiger partial charge in [-0.15, -0.1) is 0 Å². The molecule has 1 rings (SSSR count). The van der Waals surface area contributed by atoms with Crippen LogP contribution in [0.15, 0.2) is 6.20 Å². The third-order valence-electron chi connectivity index (χ3n) is 1.65. The highest BCUT2D eigenvalue weighted by molar-refractivity contribution is 5.14. The third kappa shape index (κ3) is 1.76. The van der Waals surface area contributed by atoms with E-state index in [9.17, 15) is 0 Å². The molecule has 0 aliphatic rings. The third-order valence-corrected chi connectivity index (χ3v) is 1.65. The zero-order chi connectivity index (χ0) is 8.43. The molecular formula is C9H14N2. The number of hydrogen-bond donors (Lipinski definition) is 0. The quantitative estimate of drug-likeness (QED) is 0.613. The van der Waals surface area contributed by atoms with E-state index in [1.54, 1.807) is 0 Å². The van der Waals surface area contributed by atoms with E-state index in [0.717, 1.165) is 17.1 Å². The van der Waals surface area contributed by atoms with Gasteiger partial charge in [-0.05, 0) is 19.8 Å². The average Bonchev–Trinajstić information content (AvgIpc) is 1.85. The van der Waals surface area contributed by atoms with Crippen molar-refractivity contribution >= 4 is 0 Å². The Bertz CT molecular complexity index is 254. The normalized spacial score (nSPS) is 10.6. The molecule has 0 bridgehead atoms. The lowest BCUT2D eigenvalue weighted by Gasteiger charge is -2.06. The minimum Gasteiger partial charge on any atom is -0.257 e. The highest BCUT2D eigenvalue weighted by Gasteiger charge is 2.04. The van der Waals surface area contributed by atoms with Crippen molar-refractivity contribution in [1.82, 2.24) is 9.97 Å². The first kappa shape index (κ1) is 8.18. The maximum Gasteiger partial charge on any atom is 0.0641 e. The van der Waals surface area contributed by atoms with Gasteiger partial charge < -0.3 is 0 Å². The molecule has 0 radical (unpaired) electrons. The van der Waals surface area contributed by atoms with Gasteiger partial charge in [0.15, 0.2) is 0 Å². The van der Waals surface area contributed by atoms with E-state index >= 15 is 0 Å². The van der Waals surface area contributed by atoms with Gasteiger partial charge >= 0.3 is 0 Å². The van der Waals surface area contributed by atoms with Gasteiger partial charge in [0.25, 0.3) is 0 Å². The van der Waals surface area contributed by atoms with Crippen LogP contribution in [0.1, 0.15) is 36.8 Å². The van der Waals surface area contributed by atoms with E-state index in [2.05, 4.69) is 23.8 Å². The van der Waals surface area contributed by atoms with E-state index in [1.807, 2.05) is 20.0 Å². The Balaban J connectivity index is 3.09. The Morgan fingerprint density at radius 1 is 1.27 bits per heavy atom. The maximum atomic E-state index is 4.33. The van der Waals surface area contributed by atoms with Gasteiger partial charge in [-0.1, -0.05) is 13.8 Å². The summed E-state index contributed by atoms with van der Waals surface area (Å²) in [6.45, 7) is 8.23. The van der Waals surface area contributed by atoms with Crippen molar-refractivity contribution in [3.8, 4) is 0 Å². The summed E-state index contributed by atoms with van der Waals surface area (Å²) < 4.78 is 0. The summed E-state index contributed by atoms with van der Waals surface area (Å²) >= 11 is 0. The molecule has 0 amide bonds. The minimum absolute atomic E-state index is 0.475. The van der Waals surface area contributed by atoms with Crippen molar-refractivity contribution in [3.63, 3.8) is 0 Å². The lowest BCUT2D eigenvalue weighted by atomic mass is 10.1. The summed E-state index contributed by atoms with van der Waals surface area (Å²) in [5.41, 5.74) is 3.16. The standard InChI is InChI=1S/C9H14N2/c1-6(2)9-8(4)11-7(3)5-10-9/h5-6H,1-4H3. The van der Waals surface area contributed by atoms with Crippen LogP contribution in [-0.2, 0) is 0 Å². The molecule has 0 saturated heterocycles. The molecule has 2 heteroatoms. The Morgan fingerprint density at radius 2 is 1.91 bits per heavy atom. The van der Waals surface area contributed by atoms with Gasteiger partial charge in [-0.25, -0.2) is 0 Å². The smallest absolute Gasteiger partial charge is 0.0641 e. The van der Waals surface area contributed by atoms with Crippen molar-refractivity contribution in [2.45, 2.75) is 33.6 Å². The van der Waals surface area contributed by atoms with Crippen LogP contribution in [0.25, 0.3) is 0 Å². The van der Waals surface area contributed by atoms with Crippen LogP contribution in [0.5, 0.6) is 0 Å². The zero-order valence-corrected chi connectivity index (χ0v) is 7.55. The SMILES string of the molecule is Cc1cnc(C(C)C)c(C)n1. The fourth-order valence-electron chi connectivity index (χ4n) is 1.17. The van der Waals surface area contributed by atoms with Crippen molar-refractivity contribution in [3.05, 3.63) is 23.3 Å². The molecule has 2 nitrogen and oxygen atoms in total. The molecule has 0 fully saturated rings. The highest BCUT2D eigenvalue weighted by atomic mass is 14.8. The van der Waals surface area contributed by atoms with Crippen LogP contribution < -0.4 is 0 Å². The molecule has 0 saturated carbocycles. The Hall–Kier alpha value is -0.920. The second-order valence-electron chi connectivity index (χ2n) is 3.14. The van der Waals surface area contributed by atoms with Crippen LogP contribution in [0.2, 0.25) is 0 Å². The Labute approximate surface area is 67.7 Å². The fraction of sp³-hybridized carbons (Fsp3) is 0.556. The molecule has 0 atom stereocenters. The summed E-state index contributed by atoms with van der Waals surface area (Å²) in [4.78, 5) is 8.65. The van der Waals surface area contributed by atoms with Crippen LogP contribution in [0.3, 0.4) is 0 Å². The molecule has 60 valence electrons. The van der Waals surface area contributed by atoms with Gasteiger partial charge in [0, 0.05) is 6.20 Å². The van der Waals surface area contributed by atoms with Crippen molar-refractivity contribution in [1.29, 1.82) is 0 Å². The largest absolute Gasteiger partial charge is 0.257 e. The lowest BCUT2D eigenvalue weighted by Crippen LogP contribution is -2.00. The molecular weight excluding hydrogens is 136 g/mol. The molecule has 11 heavy (non-hydrogen) atoms. The summed E-state index contributed by atoms with van der Waals surface area (Å²) in [5, 5.41) is 0. The molecule has 0 spiro atoms. The second kappa shape index (κ2) is 2.99. The van der Waals surface area contributed by atoms with Gasteiger partial charge in [-0.3, -0.25) is 9.97 Å². The molecule has 1 aromatic heterocycles. The van der Waals surface area contributed by atoms with Crippen LogP contribution in [0.4, 0.5) is 0 Å². The van der Waals surface area contributed by atoms with Crippen LogP contribution in [-0.4, -0.2) is 9.97 Å². The van der Waals surface area contributed by atoms with Crippen LogP contribution >= 0.6 is 0 Å². The summed E-state index contributed by atoms with van der Waals surface area (Å²) in [7, 11) is 0. The molecule has 0 unspecified atom stereocenters. The molecule has 0 aliphatic carbocycles. The average molecular weight is 150 g/mol. The fourth-order valence-corrected chi connectivity index (χ4v) is 1.17.